The molecule has 0 aliphatic rings. The van der Waals surface area contributed by atoms with Crippen LogP contribution in [0, 0.1) is 11.8 Å². The molecule has 3 N–H and O–H groups in total. The third-order valence-electron chi connectivity index (χ3n) is 1.42. The van der Waals surface area contributed by atoms with Gasteiger partial charge in [0.05, 0.1) is 0 Å². The number of ether oxygens (including phenoxy) is 1. The molecule has 7 nitrogen and oxygen atoms in total. The Morgan fingerprint density at radius 2 is 2.00 bits per heavy atom. The summed E-state index contributed by atoms with van der Waals surface area (Å²) in [5, 5.41) is 12.6. The molecule has 0 spiro atoms. The number of carboxylic acid groups (broad SMARTS) is 1. The van der Waals surface area contributed by atoms with Crippen LogP contribution in [0.4, 0.5) is 4.79 Å². The molecule has 0 aromatic rings. The minimum atomic E-state index is -1.18. The van der Waals surface area contributed by atoms with E-state index >= 15 is 0 Å². The van der Waals surface area contributed by atoms with Crippen molar-refractivity contribution in [3.8, 4) is 11.8 Å². The number of carbonyl (C=O) groups excluding carboxylic acids is 2. The molecule has 0 saturated carbocycles. The maximum atomic E-state index is 11.1. The van der Waals surface area contributed by atoms with Gasteiger partial charge in [-0.15, -0.1) is 11.8 Å². The largest absolute Gasteiger partial charge is 0.480 e. The van der Waals surface area contributed by atoms with E-state index in [2.05, 4.69) is 21.9 Å². The van der Waals surface area contributed by atoms with Crippen molar-refractivity contribution in [1.29, 1.82) is 0 Å². The van der Waals surface area contributed by atoms with Gasteiger partial charge in [-0.1, -0.05) is 0 Å². The molecule has 0 aromatic heterocycles. The molecular formula is C10H14N2O5. The Kier molecular flexibility index (Phi) is 8.06. The van der Waals surface area contributed by atoms with Gasteiger partial charge >= 0.3 is 12.0 Å². The molecular weight excluding hydrogens is 228 g/mol. The zero-order valence-corrected chi connectivity index (χ0v) is 9.41. The van der Waals surface area contributed by atoms with Gasteiger partial charge in [0.25, 0.3) is 5.91 Å². The molecule has 0 rings (SSSR count). The Bertz CT molecular complexity index is 342. The van der Waals surface area contributed by atoms with Crippen molar-refractivity contribution in [2.45, 2.75) is 13.3 Å². The molecule has 0 radical (unpaired) electrons. The number of urea groups is 1. The summed E-state index contributed by atoms with van der Waals surface area (Å²) >= 11 is 0. The summed E-state index contributed by atoms with van der Waals surface area (Å²) in [5.41, 5.74) is 0. The van der Waals surface area contributed by atoms with Crippen LogP contribution in [0.25, 0.3) is 0 Å². The van der Waals surface area contributed by atoms with Gasteiger partial charge in [-0.05, 0) is 6.92 Å². The highest BCUT2D eigenvalue weighted by Crippen LogP contribution is 1.77. The van der Waals surface area contributed by atoms with Crippen molar-refractivity contribution in [1.82, 2.24) is 10.6 Å². The van der Waals surface area contributed by atoms with Gasteiger partial charge in [0.15, 0.2) is 0 Å². The van der Waals surface area contributed by atoms with Crippen LogP contribution in [-0.4, -0.2) is 42.8 Å². The zero-order chi connectivity index (χ0) is 13.1. The van der Waals surface area contributed by atoms with Crippen molar-refractivity contribution in [3.05, 3.63) is 0 Å². The van der Waals surface area contributed by atoms with Gasteiger partial charge in [0, 0.05) is 13.0 Å². The number of carbonyl (C=O) groups is 3. The first-order valence-corrected chi connectivity index (χ1v) is 4.83. The minimum absolute atomic E-state index is 0.329. The molecule has 17 heavy (non-hydrogen) atoms. The second-order valence-corrected chi connectivity index (χ2v) is 2.87. The highest BCUT2D eigenvalue weighted by atomic mass is 16.5. The van der Waals surface area contributed by atoms with Crippen LogP contribution in [0.15, 0.2) is 0 Å². The molecule has 0 fully saturated rings. The number of aliphatic carboxylic acids is 1. The summed E-state index contributed by atoms with van der Waals surface area (Å²) < 4.78 is 4.49. The van der Waals surface area contributed by atoms with Crippen molar-refractivity contribution >= 4 is 17.9 Å². The normalized spacial score (nSPS) is 8.76. The molecule has 94 valence electrons. The molecule has 0 aliphatic heterocycles. The Morgan fingerprint density at radius 1 is 1.29 bits per heavy atom. The SMILES string of the molecule is CC#CCCNC(=O)NC(=O)COCC(=O)O. The Morgan fingerprint density at radius 3 is 2.59 bits per heavy atom. The fourth-order valence-corrected chi connectivity index (χ4v) is 0.801. The Hall–Kier alpha value is -2.07. The van der Waals surface area contributed by atoms with Crippen molar-refractivity contribution < 1.29 is 24.2 Å². The summed E-state index contributed by atoms with van der Waals surface area (Å²) in [6.07, 6.45) is 0.494. The highest BCUT2D eigenvalue weighted by Gasteiger charge is 2.07. The predicted molar refractivity (Wildman–Crippen MR) is 58.1 cm³/mol. The van der Waals surface area contributed by atoms with Gasteiger partial charge in [0.1, 0.15) is 13.2 Å². The van der Waals surface area contributed by atoms with Gasteiger partial charge in [-0.25, -0.2) is 9.59 Å². The lowest BCUT2D eigenvalue weighted by atomic mass is 10.4. The predicted octanol–water partition coefficient (Wildman–Crippen LogP) is -0.673. The van der Waals surface area contributed by atoms with Crippen molar-refractivity contribution in [2.75, 3.05) is 19.8 Å². The van der Waals surface area contributed by atoms with Crippen LogP contribution in [0.2, 0.25) is 0 Å². The number of imide groups is 1. The molecule has 0 bridgehead atoms. The quantitative estimate of drug-likeness (QED) is 0.423. The summed E-state index contributed by atoms with van der Waals surface area (Å²) in [4.78, 5) is 32.1. The third kappa shape index (κ3) is 10.2. The van der Waals surface area contributed by atoms with E-state index in [-0.39, 0.29) is 0 Å². The zero-order valence-electron chi connectivity index (χ0n) is 9.41. The summed E-state index contributed by atoms with van der Waals surface area (Å²) in [6, 6.07) is -0.660. The average molecular weight is 242 g/mol. The second kappa shape index (κ2) is 9.18. The second-order valence-electron chi connectivity index (χ2n) is 2.87. The number of hydrogen-bond acceptors (Lipinski definition) is 4. The van der Waals surface area contributed by atoms with E-state index in [1.807, 2.05) is 5.32 Å². The third-order valence-corrected chi connectivity index (χ3v) is 1.42. The Labute approximate surface area is 98.5 Å². The number of nitrogens with one attached hydrogen (secondary N) is 2. The average Bonchev–Trinajstić information content (AvgIpc) is 2.23. The van der Waals surface area contributed by atoms with Gasteiger partial charge in [0.2, 0.25) is 0 Å². The maximum absolute atomic E-state index is 11.1. The number of hydrogen-bond donors (Lipinski definition) is 3. The van der Waals surface area contributed by atoms with Gasteiger partial charge in [-0.2, -0.15) is 0 Å². The van der Waals surface area contributed by atoms with E-state index in [1.54, 1.807) is 6.92 Å². The first-order valence-electron chi connectivity index (χ1n) is 4.83. The number of amides is 3. The van der Waals surface area contributed by atoms with Crippen LogP contribution in [0.1, 0.15) is 13.3 Å². The van der Waals surface area contributed by atoms with Crippen LogP contribution in [-0.2, 0) is 14.3 Å². The molecule has 0 aliphatic carbocycles. The van der Waals surface area contributed by atoms with Gasteiger partial charge in [-0.3, -0.25) is 10.1 Å². The molecule has 7 heteroatoms. The molecule has 0 unspecified atom stereocenters. The van der Waals surface area contributed by atoms with Crippen LogP contribution >= 0.6 is 0 Å². The molecule has 0 saturated heterocycles. The fourth-order valence-electron chi connectivity index (χ4n) is 0.801. The fraction of sp³-hybridized carbons (Fsp3) is 0.500. The molecule has 0 heterocycles. The first-order chi connectivity index (χ1) is 8.06. The maximum Gasteiger partial charge on any atom is 0.329 e. The van der Waals surface area contributed by atoms with Crippen molar-refractivity contribution in [3.63, 3.8) is 0 Å². The Balaban J connectivity index is 3.61. The van der Waals surface area contributed by atoms with Crippen LogP contribution < -0.4 is 10.6 Å². The van der Waals surface area contributed by atoms with E-state index in [4.69, 9.17) is 5.11 Å². The molecule has 0 aromatic carbocycles. The smallest absolute Gasteiger partial charge is 0.329 e. The lowest BCUT2D eigenvalue weighted by Crippen LogP contribution is -2.41. The monoisotopic (exact) mass is 242 g/mol. The summed E-state index contributed by atoms with van der Waals surface area (Å²) in [7, 11) is 0. The molecule has 0 atom stereocenters. The molecule has 3 amide bonds. The van der Waals surface area contributed by atoms with E-state index in [9.17, 15) is 14.4 Å². The van der Waals surface area contributed by atoms with E-state index in [0.717, 1.165) is 0 Å². The van der Waals surface area contributed by atoms with Crippen molar-refractivity contribution in [2.24, 2.45) is 0 Å². The number of carboxylic acids is 1. The van der Waals surface area contributed by atoms with E-state index < -0.39 is 31.1 Å². The van der Waals surface area contributed by atoms with Gasteiger partial charge < -0.3 is 15.2 Å². The lowest BCUT2D eigenvalue weighted by Gasteiger charge is -2.04. The minimum Gasteiger partial charge on any atom is -0.480 e. The van der Waals surface area contributed by atoms with Crippen LogP contribution in [0.3, 0.4) is 0 Å². The lowest BCUT2D eigenvalue weighted by molar-refractivity contribution is -0.143. The van der Waals surface area contributed by atoms with Crippen LogP contribution in [0.5, 0.6) is 0 Å². The summed E-state index contributed by atoms with van der Waals surface area (Å²) in [5.74, 6) is 3.51. The standard InChI is InChI=1S/C10H14N2O5/c1-2-3-4-5-11-10(16)12-8(13)6-17-7-9(14)15/h4-7H2,1H3,(H,14,15)(H2,11,12,13,16). The number of rotatable bonds is 6. The summed E-state index contributed by atoms with van der Waals surface area (Å²) in [6.45, 7) is 0.953. The van der Waals surface area contributed by atoms with E-state index in [1.165, 1.54) is 0 Å². The highest BCUT2D eigenvalue weighted by molar-refractivity contribution is 5.94. The topological polar surface area (TPSA) is 105 Å². The van der Waals surface area contributed by atoms with E-state index in [0.29, 0.717) is 13.0 Å². The first kappa shape index (κ1) is 14.9.